The van der Waals surface area contributed by atoms with Gasteiger partial charge in [0.15, 0.2) is 0 Å². The van der Waals surface area contributed by atoms with Crippen LogP contribution >= 0.6 is 23.4 Å². The van der Waals surface area contributed by atoms with E-state index in [4.69, 9.17) is 25.8 Å². The first-order valence-electron chi connectivity index (χ1n) is 18.2. The van der Waals surface area contributed by atoms with Crippen LogP contribution in [-0.4, -0.2) is 116 Å². The molecule has 3 aliphatic heterocycles. The topological polar surface area (TPSA) is 169 Å². The van der Waals surface area contributed by atoms with Crippen LogP contribution in [0.3, 0.4) is 0 Å². The van der Waals surface area contributed by atoms with Crippen LogP contribution in [0.1, 0.15) is 86.0 Å². The zero-order chi connectivity index (χ0) is 38.3. The van der Waals surface area contributed by atoms with E-state index in [1.807, 2.05) is 32.3 Å². The molecule has 1 saturated carbocycles. The molecule has 4 fully saturated rings. The quantitative estimate of drug-likeness (QED) is 0.0729. The molecule has 290 valence electrons. The molecule has 0 aromatic carbocycles. The molecular weight excluding hydrogens is 712 g/mol. The third-order valence-electron chi connectivity index (χ3n) is 10.6. The van der Waals surface area contributed by atoms with Crippen LogP contribution in [0.4, 0.5) is 0 Å². The van der Waals surface area contributed by atoms with E-state index in [0.29, 0.717) is 25.7 Å². The molecule has 0 radical (unpaired) electrons. The van der Waals surface area contributed by atoms with Crippen molar-refractivity contribution >= 4 is 52.8 Å². The lowest BCUT2D eigenvalue weighted by atomic mass is 9.75. The molecule has 1 aliphatic carbocycles. The van der Waals surface area contributed by atoms with E-state index in [2.05, 4.69) is 12.2 Å². The van der Waals surface area contributed by atoms with Gasteiger partial charge in [0.2, 0.25) is 17.7 Å². The number of alkyl halides is 1. The molecule has 3 saturated heterocycles. The lowest BCUT2D eigenvalue weighted by molar-refractivity contribution is -0.195. The number of nitrogens with zero attached hydrogens (tertiary/aromatic N) is 1. The molecule has 52 heavy (non-hydrogen) atoms. The van der Waals surface area contributed by atoms with Gasteiger partial charge >= 0.3 is 5.97 Å². The number of likely N-dealkylation sites (tertiary alicyclic amines) is 1. The van der Waals surface area contributed by atoms with E-state index in [1.165, 1.54) is 35.7 Å². The van der Waals surface area contributed by atoms with Gasteiger partial charge in [0.1, 0.15) is 29.7 Å². The summed E-state index contributed by atoms with van der Waals surface area (Å²) in [7, 11) is 0. The number of Topliss-reactive ketones (excluding diaryl/α,β-unsaturated/α-hetero) is 1. The van der Waals surface area contributed by atoms with E-state index in [9.17, 15) is 34.2 Å². The molecule has 14 heteroatoms. The lowest BCUT2D eigenvalue weighted by Crippen LogP contribution is -2.58. The molecule has 3 N–H and O–H groups in total. The Morgan fingerprint density at radius 3 is 2.48 bits per heavy atom. The summed E-state index contributed by atoms with van der Waals surface area (Å²) >= 11 is 7.51. The number of aliphatic hydroxyl groups is 2. The highest BCUT2D eigenvalue weighted by Crippen LogP contribution is 2.39. The standard InChI is InChI=1S/C38H55ClN2O10S/c1-21(7-10-31-22(2)13-30(24(4)50-31)40-34(44)12-9-23(3)49-25(5)42)8-11-32-36(46)38(48,20-39)19-29(51-32)17-28(43)16-26-14-27(15-26)41-35(45)18-33(52-6)37(41)47/h7-9,11-12,22-24,26-27,29-33,36,46,48H,10,13-20H2,1-6H3,(H,40,44)/b11-8+,12-9-,21-7+/t22-,23-,24+,26?,27?,29+,30+,31-,32+,33?,36+,38+/m0/s1. The number of ketones is 1. The molecule has 0 aromatic rings. The van der Waals surface area contributed by atoms with Crippen LogP contribution in [0.15, 0.2) is 36.0 Å². The van der Waals surface area contributed by atoms with Crippen molar-refractivity contribution in [2.24, 2.45) is 11.8 Å². The fraction of sp³-hybridized carbons (Fsp3) is 0.711. The van der Waals surface area contributed by atoms with Crippen LogP contribution in [0.25, 0.3) is 0 Å². The van der Waals surface area contributed by atoms with E-state index < -0.39 is 36.0 Å². The first kappa shape index (κ1) is 42.2. The van der Waals surface area contributed by atoms with Crippen LogP contribution < -0.4 is 5.32 Å². The largest absolute Gasteiger partial charge is 0.459 e. The van der Waals surface area contributed by atoms with Crippen molar-refractivity contribution in [1.82, 2.24) is 10.2 Å². The van der Waals surface area contributed by atoms with Gasteiger partial charge in [-0.25, -0.2) is 0 Å². The van der Waals surface area contributed by atoms with Gasteiger partial charge in [-0.1, -0.05) is 30.7 Å². The van der Waals surface area contributed by atoms with Gasteiger partial charge in [-0.15, -0.1) is 11.6 Å². The zero-order valence-corrected chi connectivity index (χ0v) is 32.6. The SMILES string of the molecule is CSC1CC(=O)N(C2CC(CC(=O)C[C@@H]3C[C@@](O)(CCl)[C@H](O)[C@@H](/C=C/C(C)=C/C[C@@H]4O[C@H](C)[C@H](NC(=O)/C=C\[C@H](C)OC(C)=O)C[C@@H]4C)O3)C2)C1=O. The molecule has 4 rings (SSSR count). The highest BCUT2D eigenvalue weighted by atomic mass is 35.5. The average Bonchev–Trinajstić information content (AvgIpc) is 3.34. The normalized spacial score (nSPS) is 36.2. The summed E-state index contributed by atoms with van der Waals surface area (Å²) in [6.45, 7) is 8.91. The van der Waals surface area contributed by atoms with Gasteiger partial charge in [0.05, 0.1) is 35.5 Å². The van der Waals surface area contributed by atoms with Gasteiger partial charge < -0.3 is 29.7 Å². The number of hydrogen-bond acceptors (Lipinski definition) is 11. The summed E-state index contributed by atoms with van der Waals surface area (Å²) < 4.78 is 17.4. The van der Waals surface area contributed by atoms with Crippen LogP contribution in [0.5, 0.6) is 0 Å². The minimum Gasteiger partial charge on any atom is -0.459 e. The molecule has 1 unspecified atom stereocenters. The number of halogens is 1. The number of aliphatic hydroxyl groups excluding tert-OH is 1. The van der Waals surface area contributed by atoms with E-state index in [-0.39, 0.29) is 90.0 Å². The third-order valence-corrected chi connectivity index (χ3v) is 12.0. The smallest absolute Gasteiger partial charge is 0.303 e. The van der Waals surface area contributed by atoms with Gasteiger partial charge in [-0.2, -0.15) is 11.8 Å². The summed E-state index contributed by atoms with van der Waals surface area (Å²) in [5.41, 5.74) is -0.736. The van der Waals surface area contributed by atoms with Gasteiger partial charge in [-0.05, 0) is 70.6 Å². The number of hydrogen-bond donors (Lipinski definition) is 3. The Morgan fingerprint density at radius 2 is 1.85 bits per heavy atom. The molecule has 3 heterocycles. The number of amides is 3. The van der Waals surface area contributed by atoms with Crippen molar-refractivity contribution in [2.45, 2.75) is 146 Å². The van der Waals surface area contributed by atoms with Crippen LogP contribution in [-0.2, 0) is 38.2 Å². The summed E-state index contributed by atoms with van der Waals surface area (Å²) in [6.07, 6.45) is 9.80. The van der Waals surface area contributed by atoms with Crippen molar-refractivity contribution < 1.29 is 48.4 Å². The highest BCUT2D eigenvalue weighted by molar-refractivity contribution is 8.00. The van der Waals surface area contributed by atoms with Crippen LogP contribution in [0.2, 0.25) is 0 Å². The highest BCUT2D eigenvalue weighted by Gasteiger charge is 2.49. The maximum Gasteiger partial charge on any atom is 0.303 e. The Labute approximate surface area is 316 Å². The number of rotatable bonds is 15. The number of ether oxygens (including phenoxy) is 3. The average molecular weight is 767 g/mol. The number of carbonyl (C=O) groups is 5. The Hall–Kier alpha value is -2.55. The molecule has 0 aromatic heterocycles. The van der Waals surface area contributed by atoms with Crippen molar-refractivity contribution in [1.29, 1.82) is 0 Å². The van der Waals surface area contributed by atoms with E-state index >= 15 is 0 Å². The second kappa shape index (κ2) is 18.7. The van der Waals surface area contributed by atoms with Gasteiger partial charge in [0.25, 0.3) is 0 Å². The second-order valence-electron chi connectivity index (χ2n) is 15.0. The molecular formula is C38H55ClN2O10S. The predicted molar refractivity (Wildman–Crippen MR) is 197 cm³/mol. The summed E-state index contributed by atoms with van der Waals surface area (Å²) in [5, 5.41) is 24.8. The third kappa shape index (κ3) is 11.0. The molecule has 10 atom stereocenters. The molecule has 12 nitrogen and oxygen atoms in total. The predicted octanol–water partition coefficient (Wildman–Crippen LogP) is 3.79. The number of allylic oxidation sites excluding steroid dienone is 2. The zero-order valence-electron chi connectivity index (χ0n) is 31.0. The van der Waals surface area contributed by atoms with Gasteiger partial charge in [0, 0.05) is 44.7 Å². The Morgan fingerprint density at radius 1 is 1.13 bits per heavy atom. The van der Waals surface area contributed by atoms with Crippen molar-refractivity contribution in [2.75, 3.05) is 12.1 Å². The Bertz CT molecular complexity index is 1420. The van der Waals surface area contributed by atoms with Crippen molar-refractivity contribution in [3.8, 4) is 0 Å². The van der Waals surface area contributed by atoms with E-state index in [0.717, 1.165) is 12.0 Å². The molecule has 0 spiro atoms. The Balaban J connectivity index is 1.25. The number of carbonyl (C=O) groups excluding carboxylic acids is 5. The number of nitrogens with one attached hydrogen (secondary N) is 1. The monoisotopic (exact) mass is 766 g/mol. The minimum absolute atomic E-state index is 0.0168. The second-order valence-corrected chi connectivity index (χ2v) is 16.3. The fourth-order valence-corrected chi connectivity index (χ4v) is 8.47. The maximum atomic E-state index is 13.1. The molecule has 3 amide bonds. The minimum atomic E-state index is -1.63. The Kier molecular flexibility index (Phi) is 15.1. The number of thioether (sulfide) groups is 1. The molecule has 4 aliphatic rings. The first-order chi connectivity index (χ1) is 24.5. The molecule has 0 bridgehead atoms. The van der Waals surface area contributed by atoms with Gasteiger partial charge in [-0.3, -0.25) is 28.9 Å². The van der Waals surface area contributed by atoms with Crippen molar-refractivity contribution in [3.63, 3.8) is 0 Å². The fourth-order valence-electron chi connectivity index (χ4n) is 7.58. The summed E-state index contributed by atoms with van der Waals surface area (Å²) in [4.78, 5) is 62.9. The summed E-state index contributed by atoms with van der Waals surface area (Å²) in [5.74, 6) is -0.996. The maximum absolute atomic E-state index is 13.1. The lowest BCUT2D eigenvalue weighted by Gasteiger charge is -2.44. The van der Waals surface area contributed by atoms with Crippen LogP contribution in [0, 0.1) is 11.8 Å². The summed E-state index contributed by atoms with van der Waals surface area (Å²) in [6, 6.07) is -0.324. The van der Waals surface area contributed by atoms with E-state index in [1.54, 1.807) is 13.0 Å². The first-order valence-corrected chi connectivity index (χ1v) is 20.0. The van der Waals surface area contributed by atoms with Crippen molar-refractivity contribution in [3.05, 3.63) is 36.0 Å². The number of esters is 1. The number of imide groups is 1.